The first-order valence-electron chi connectivity index (χ1n) is 7.97. The van der Waals surface area contributed by atoms with Crippen LogP contribution in [0.4, 0.5) is 17.1 Å². The van der Waals surface area contributed by atoms with Crippen molar-refractivity contribution < 1.29 is 0 Å². The van der Waals surface area contributed by atoms with Gasteiger partial charge in [0.1, 0.15) is 0 Å². The van der Waals surface area contributed by atoms with Crippen molar-refractivity contribution in [3.8, 4) is 0 Å². The summed E-state index contributed by atoms with van der Waals surface area (Å²) in [6, 6.07) is 4.72. The molecule has 2 aliphatic heterocycles. The second-order valence-corrected chi connectivity index (χ2v) is 7.59. The number of benzene rings is 1. The highest BCUT2D eigenvalue weighted by atomic mass is 15.6. The third-order valence-corrected chi connectivity index (χ3v) is 4.77. The van der Waals surface area contributed by atoms with Gasteiger partial charge in [-0.3, -0.25) is 0 Å². The molecule has 0 atom stereocenters. The number of hydrogen-bond acceptors (Lipinski definition) is 4. The Kier molecular flexibility index (Phi) is 3.32. The van der Waals surface area contributed by atoms with Crippen molar-refractivity contribution in [1.82, 2.24) is 5.01 Å². The normalized spacial score (nSPS) is 21.4. The Bertz CT molecular complexity index is 550. The van der Waals surface area contributed by atoms with E-state index in [1.807, 2.05) is 0 Å². The topological polar surface area (TPSA) is 35.7 Å². The molecule has 3 rings (SSSR count). The summed E-state index contributed by atoms with van der Waals surface area (Å²) in [4.78, 5) is 2.49. The fourth-order valence-electron chi connectivity index (χ4n) is 3.85. The molecule has 116 valence electrons. The van der Waals surface area contributed by atoms with Gasteiger partial charge in [-0.1, -0.05) is 13.8 Å². The van der Waals surface area contributed by atoms with Crippen LogP contribution in [0.5, 0.6) is 0 Å². The average molecular weight is 288 g/mol. The zero-order valence-corrected chi connectivity index (χ0v) is 14.0. The molecule has 1 fully saturated rings. The Morgan fingerprint density at radius 3 is 2.52 bits per heavy atom. The molecule has 0 radical (unpaired) electrons. The van der Waals surface area contributed by atoms with Crippen molar-refractivity contribution in [2.45, 2.75) is 46.7 Å². The number of nitrogen functional groups attached to an aromatic ring is 1. The van der Waals surface area contributed by atoms with Crippen LogP contribution in [0.1, 0.15) is 39.7 Å². The van der Waals surface area contributed by atoms with Crippen LogP contribution in [0.2, 0.25) is 0 Å². The molecule has 1 aromatic carbocycles. The molecule has 21 heavy (non-hydrogen) atoms. The van der Waals surface area contributed by atoms with Crippen LogP contribution >= 0.6 is 0 Å². The largest absolute Gasteiger partial charge is 0.397 e. The van der Waals surface area contributed by atoms with Gasteiger partial charge in [0.2, 0.25) is 0 Å². The van der Waals surface area contributed by atoms with E-state index in [0.717, 1.165) is 25.3 Å². The zero-order chi connectivity index (χ0) is 15.4. The van der Waals surface area contributed by atoms with E-state index in [2.05, 4.69) is 61.8 Å². The summed E-state index contributed by atoms with van der Waals surface area (Å²) in [5, 5.41) is 4.68. The van der Waals surface area contributed by atoms with Crippen LogP contribution in [0.3, 0.4) is 0 Å². The van der Waals surface area contributed by atoms with Crippen LogP contribution in [-0.4, -0.2) is 31.2 Å². The summed E-state index contributed by atoms with van der Waals surface area (Å²) in [6.45, 7) is 12.3. The van der Waals surface area contributed by atoms with Crippen LogP contribution in [0.25, 0.3) is 0 Å². The van der Waals surface area contributed by atoms with E-state index in [1.54, 1.807) is 0 Å². The minimum absolute atomic E-state index is 0.386. The SMILES string of the molecule is CC(C)N1c2ccc(N)c(N3CCC(C)(C)C3)c2CN1C. The van der Waals surface area contributed by atoms with Crippen molar-refractivity contribution >= 4 is 17.1 Å². The molecule has 0 aliphatic carbocycles. The number of rotatable bonds is 2. The molecule has 1 saturated heterocycles. The van der Waals surface area contributed by atoms with E-state index in [1.165, 1.54) is 23.4 Å². The van der Waals surface area contributed by atoms with Crippen LogP contribution in [-0.2, 0) is 6.54 Å². The first-order valence-corrected chi connectivity index (χ1v) is 7.97. The summed E-state index contributed by atoms with van der Waals surface area (Å²) in [5.74, 6) is 0. The lowest BCUT2D eigenvalue weighted by molar-refractivity contribution is 0.301. The predicted octanol–water partition coefficient (Wildman–Crippen LogP) is 3.08. The highest BCUT2D eigenvalue weighted by molar-refractivity contribution is 5.80. The third-order valence-electron chi connectivity index (χ3n) is 4.77. The smallest absolute Gasteiger partial charge is 0.0667 e. The number of hydrazine groups is 1. The molecule has 2 N–H and O–H groups in total. The van der Waals surface area contributed by atoms with Gasteiger partial charge in [-0.15, -0.1) is 0 Å². The van der Waals surface area contributed by atoms with E-state index < -0.39 is 0 Å². The standard InChI is InChI=1S/C17H28N4/c1-12(2)21-15-7-6-14(18)16(13(15)10-19(21)5)20-9-8-17(3,4)11-20/h6-7,12H,8-11,18H2,1-5H3. The second kappa shape index (κ2) is 4.80. The predicted molar refractivity (Wildman–Crippen MR) is 90.5 cm³/mol. The quantitative estimate of drug-likeness (QED) is 0.848. The summed E-state index contributed by atoms with van der Waals surface area (Å²) < 4.78 is 0. The average Bonchev–Trinajstić information content (AvgIpc) is 2.88. The van der Waals surface area contributed by atoms with E-state index in [4.69, 9.17) is 5.73 Å². The fourth-order valence-corrected chi connectivity index (χ4v) is 3.85. The number of hydrogen-bond donors (Lipinski definition) is 1. The lowest BCUT2D eigenvalue weighted by atomic mass is 9.93. The van der Waals surface area contributed by atoms with Crippen molar-refractivity contribution in [2.24, 2.45) is 5.41 Å². The maximum Gasteiger partial charge on any atom is 0.0667 e. The van der Waals surface area contributed by atoms with E-state index in [-0.39, 0.29) is 0 Å². The monoisotopic (exact) mass is 288 g/mol. The van der Waals surface area contributed by atoms with E-state index >= 15 is 0 Å². The molecule has 4 nitrogen and oxygen atoms in total. The number of fused-ring (bicyclic) bond motifs is 1. The molecule has 0 spiro atoms. The Balaban J connectivity index is 2.04. The number of nitrogens with zero attached hydrogens (tertiary/aromatic N) is 3. The van der Waals surface area contributed by atoms with Crippen LogP contribution < -0.4 is 15.6 Å². The zero-order valence-electron chi connectivity index (χ0n) is 14.0. The van der Waals surface area contributed by atoms with Crippen molar-refractivity contribution in [2.75, 3.05) is 35.8 Å². The van der Waals surface area contributed by atoms with Gasteiger partial charge in [0.15, 0.2) is 0 Å². The Morgan fingerprint density at radius 2 is 1.95 bits per heavy atom. The maximum absolute atomic E-state index is 6.35. The first-order chi connectivity index (χ1) is 9.80. The minimum atomic E-state index is 0.386. The van der Waals surface area contributed by atoms with E-state index in [0.29, 0.717) is 11.5 Å². The maximum atomic E-state index is 6.35. The summed E-state index contributed by atoms with van der Waals surface area (Å²) in [5.41, 5.74) is 11.6. The first kappa shape index (κ1) is 14.5. The van der Waals surface area contributed by atoms with Gasteiger partial charge in [-0.25, -0.2) is 5.01 Å². The molecular weight excluding hydrogens is 260 g/mol. The summed E-state index contributed by atoms with van der Waals surface area (Å²) in [7, 11) is 2.16. The van der Waals surface area contributed by atoms with Crippen LogP contribution in [0, 0.1) is 5.41 Å². The van der Waals surface area contributed by atoms with Gasteiger partial charge in [0, 0.05) is 38.3 Å². The Hall–Kier alpha value is -1.42. The van der Waals surface area contributed by atoms with Gasteiger partial charge < -0.3 is 15.6 Å². The third kappa shape index (κ3) is 2.35. The Labute approximate surface area is 128 Å². The van der Waals surface area contributed by atoms with Crippen molar-refractivity contribution in [3.63, 3.8) is 0 Å². The lowest BCUT2D eigenvalue weighted by Gasteiger charge is -2.31. The van der Waals surface area contributed by atoms with Crippen molar-refractivity contribution in [3.05, 3.63) is 17.7 Å². The molecule has 4 heteroatoms. The fraction of sp³-hybridized carbons (Fsp3) is 0.647. The molecule has 0 unspecified atom stereocenters. The van der Waals surface area contributed by atoms with Gasteiger partial charge in [0.25, 0.3) is 0 Å². The Morgan fingerprint density at radius 1 is 1.24 bits per heavy atom. The molecule has 0 bridgehead atoms. The number of nitrogens with two attached hydrogens (primary N) is 1. The summed E-state index contributed by atoms with van der Waals surface area (Å²) >= 11 is 0. The van der Waals surface area contributed by atoms with Crippen molar-refractivity contribution in [1.29, 1.82) is 0 Å². The molecule has 2 heterocycles. The summed E-state index contributed by atoms with van der Waals surface area (Å²) in [6.07, 6.45) is 1.24. The molecule has 0 amide bonds. The lowest BCUT2D eigenvalue weighted by Crippen LogP contribution is -2.39. The van der Waals surface area contributed by atoms with Gasteiger partial charge in [-0.05, 0) is 37.8 Å². The molecule has 1 aromatic rings. The van der Waals surface area contributed by atoms with Gasteiger partial charge in [0.05, 0.1) is 17.1 Å². The molecule has 2 aliphatic rings. The highest BCUT2D eigenvalue weighted by Crippen LogP contribution is 2.44. The molecule has 0 aromatic heterocycles. The van der Waals surface area contributed by atoms with Gasteiger partial charge >= 0.3 is 0 Å². The van der Waals surface area contributed by atoms with E-state index in [9.17, 15) is 0 Å². The van der Waals surface area contributed by atoms with Crippen LogP contribution in [0.15, 0.2) is 12.1 Å². The second-order valence-electron chi connectivity index (χ2n) is 7.59. The molecular formula is C17H28N4. The highest BCUT2D eigenvalue weighted by Gasteiger charge is 2.35. The number of anilines is 3. The van der Waals surface area contributed by atoms with Gasteiger partial charge in [-0.2, -0.15) is 0 Å². The molecule has 0 saturated carbocycles. The minimum Gasteiger partial charge on any atom is -0.397 e.